The first kappa shape index (κ1) is 16.2. The predicted octanol–water partition coefficient (Wildman–Crippen LogP) is 0.494. The molecule has 1 saturated heterocycles. The number of carbonyl (C=O) groups excluding carboxylic acids is 1. The lowest BCUT2D eigenvalue weighted by Crippen LogP contribution is -2.50. The molecule has 0 bridgehead atoms. The van der Waals surface area contributed by atoms with Crippen LogP contribution in [0.5, 0.6) is 0 Å². The number of fused-ring (bicyclic) bond motifs is 1. The second kappa shape index (κ2) is 6.58. The molecule has 0 unspecified atom stereocenters. The molecular formula is C17H19N7O2. The zero-order chi connectivity index (χ0) is 18.1. The van der Waals surface area contributed by atoms with Crippen molar-refractivity contribution in [3.63, 3.8) is 0 Å². The van der Waals surface area contributed by atoms with Gasteiger partial charge in [0.05, 0.1) is 17.0 Å². The smallest absolute Gasteiger partial charge is 0.272 e. The number of hydrogen-bond acceptors (Lipinski definition) is 6. The molecule has 1 aliphatic rings. The van der Waals surface area contributed by atoms with Crippen molar-refractivity contribution in [2.45, 2.75) is 12.8 Å². The van der Waals surface area contributed by atoms with Crippen molar-refractivity contribution in [2.75, 3.05) is 31.1 Å². The number of nitrogens with zero attached hydrogens (tertiary/aromatic N) is 5. The molecule has 9 nitrogen and oxygen atoms in total. The summed E-state index contributed by atoms with van der Waals surface area (Å²) in [6, 6.07) is 7.22. The van der Waals surface area contributed by atoms with E-state index in [1.807, 2.05) is 24.0 Å². The average Bonchev–Trinajstić information content (AvgIpc) is 3.22. The van der Waals surface area contributed by atoms with Crippen LogP contribution in [0.2, 0.25) is 0 Å². The maximum atomic E-state index is 13.0. The minimum atomic E-state index is -0.437. The van der Waals surface area contributed by atoms with Crippen molar-refractivity contribution in [1.29, 1.82) is 0 Å². The van der Waals surface area contributed by atoms with Crippen molar-refractivity contribution < 1.29 is 4.79 Å². The Morgan fingerprint density at radius 2 is 1.85 bits per heavy atom. The number of hydrogen-bond donors (Lipinski definition) is 2. The van der Waals surface area contributed by atoms with Crippen LogP contribution in [0.1, 0.15) is 18.5 Å². The molecule has 2 N–H and O–H groups in total. The summed E-state index contributed by atoms with van der Waals surface area (Å²) in [5.41, 5.74) is 0.354. The highest BCUT2D eigenvalue weighted by Gasteiger charge is 2.28. The Balaban J connectivity index is 1.52. The quantitative estimate of drug-likeness (QED) is 0.709. The molecule has 1 atom stereocenters. The van der Waals surface area contributed by atoms with Gasteiger partial charge in [-0.15, -0.1) is 0 Å². The second-order valence-corrected chi connectivity index (χ2v) is 6.33. The van der Waals surface area contributed by atoms with Crippen molar-refractivity contribution in [2.24, 2.45) is 0 Å². The summed E-state index contributed by atoms with van der Waals surface area (Å²) in [6.45, 7) is 4.41. The van der Waals surface area contributed by atoms with Crippen molar-refractivity contribution in [3.8, 4) is 0 Å². The van der Waals surface area contributed by atoms with Crippen molar-refractivity contribution in [1.82, 2.24) is 30.3 Å². The van der Waals surface area contributed by atoms with E-state index in [4.69, 9.17) is 0 Å². The van der Waals surface area contributed by atoms with Gasteiger partial charge in [-0.3, -0.25) is 9.59 Å². The Morgan fingerprint density at radius 3 is 2.54 bits per heavy atom. The van der Waals surface area contributed by atoms with Gasteiger partial charge in [0, 0.05) is 31.6 Å². The number of rotatable bonds is 3. The minimum Gasteiger partial charge on any atom is -0.339 e. The molecule has 3 heterocycles. The van der Waals surface area contributed by atoms with E-state index in [0.717, 1.165) is 11.3 Å². The number of aromatic nitrogens is 5. The summed E-state index contributed by atoms with van der Waals surface area (Å²) in [7, 11) is 0. The zero-order valence-electron chi connectivity index (χ0n) is 14.3. The number of benzene rings is 1. The molecule has 134 valence electrons. The number of piperazine rings is 1. The molecule has 3 aromatic rings. The Morgan fingerprint density at radius 1 is 1.12 bits per heavy atom. The van der Waals surface area contributed by atoms with E-state index >= 15 is 0 Å². The van der Waals surface area contributed by atoms with Crippen LogP contribution < -0.4 is 10.5 Å². The van der Waals surface area contributed by atoms with Crippen molar-refractivity contribution in [3.05, 3.63) is 46.6 Å². The van der Waals surface area contributed by atoms with E-state index in [9.17, 15) is 9.59 Å². The summed E-state index contributed by atoms with van der Waals surface area (Å²) >= 11 is 0. The SMILES string of the molecule is C[C@H](C(=O)N1CCN(c2ncn[nH]2)CC1)c1n[nH]c(=O)c2ccccc12. The van der Waals surface area contributed by atoms with Gasteiger partial charge in [-0.2, -0.15) is 15.2 Å². The largest absolute Gasteiger partial charge is 0.339 e. The second-order valence-electron chi connectivity index (χ2n) is 6.33. The van der Waals surface area contributed by atoms with Gasteiger partial charge < -0.3 is 9.80 Å². The monoisotopic (exact) mass is 353 g/mol. The third-order valence-corrected chi connectivity index (χ3v) is 4.80. The fraction of sp³-hybridized carbons (Fsp3) is 0.353. The Labute approximate surface area is 149 Å². The normalized spacial score (nSPS) is 16.0. The van der Waals surface area contributed by atoms with Crippen molar-refractivity contribution >= 4 is 22.6 Å². The number of nitrogens with one attached hydrogen (secondary N) is 2. The van der Waals surface area contributed by atoms with E-state index in [-0.39, 0.29) is 11.5 Å². The summed E-state index contributed by atoms with van der Waals surface area (Å²) in [5, 5.41) is 14.6. The maximum absolute atomic E-state index is 13.0. The van der Waals surface area contributed by atoms with Gasteiger partial charge in [0.1, 0.15) is 6.33 Å². The highest BCUT2D eigenvalue weighted by atomic mass is 16.2. The number of amides is 1. The highest BCUT2D eigenvalue weighted by molar-refractivity contribution is 5.91. The average molecular weight is 353 g/mol. The number of anilines is 1. The first-order chi connectivity index (χ1) is 12.6. The van der Waals surface area contributed by atoms with Crippen LogP contribution in [0.3, 0.4) is 0 Å². The number of carbonyl (C=O) groups is 1. The first-order valence-corrected chi connectivity index (χ1v) is 8.51. The van der Waals surface area contributed by atoms with Gasteiger partial charge in [-0.25, -0.2) is 10.2 Å². The van der Waals surface area contributed by atoms with E-state index in [1.54, 1.807) is 12.1 Å². The first-order valence-electron chi connectivity index (χ1n) is 8.51. The number of aromatic amines is 2. The third kappa shape index (κ3) is 2.81. The van der Waals surface area contributed by atoms with E-state index in [1.165, 1.54) is 6.33 Å². The summed E-state index contributed by atoms with van der Waals surface area (Å²) < 4.78 is 0. The fourth-order valence-corrected chi connectivity index (χ4v) is 3.35. The fourth-order valence-electron chi connectivity index (χ4n) is 3.35. The van der Waals surface area contributed by atoms with E-state index in [0.29, 0.717) is 37.3 Å². The van der Waals surface area contributed by atoms with Gasteiger partial charge in [0.25, 0.3) is 5.56 Å². The number of H-pyrrole nitrogens is 2. The molecular weight excluding hydrogens is 334 g/mol. The van der Waals surface area contributed by atoms with Crippen LogP contribution in [0.4, 0.5) is 5.95 Å². The molecule has 0 spiro atoms. The van der Waals surface area contributed by atoms with Gasteiger partial charge in [0.15, 0.2) is 0 Å². The lowest BCUT2D eigenvalue weighted by molar-refractivity contribution is -0.132. The highest BCUT2D eigenvalue weighted by Crippen LogP contribution is 2.23. The Bertz CT molecular complexity index is 974. The summed E-state index contributed by atoms with van der Waals surface area (Å²) in [6.07, 6.45) is 1.47. The molecule has 4 rings (SSSR count). The Kier molecular flexibility index (Phi) is 4.11. The summed E-state index contributed by atoms with van der Waals surface area (Å²) in [4.78, 5) is 32.9. The minimum absolute atomic E-state index is 0.00641. The Hall–Kier alpha value is -3.23. The topological polar surface area (TPSA) is 111 Å². The molecule has 0 aliphatic carbocycles. The lowest BCUT2D eigenvalue weighted by atomic mass is 10.00. The lowest BCUT2D eigenvalue weighted by Gasteiger charge is -2.35. The molecule has 1 fully saturated rings. The predicted molar refractivity (Wildman–Crippen MR) is 96.0 cm³/mol. The van der Waals surface area contributed by atoms with Crippen LogP contribution in [0.15, 0.2) is 35.4 Å². The zero-order valence-corrected chi connectivity index (χ0v) is 14.3. The molecule has 1 aromatic carbocycles. The van der Waals surface area contributed by atoms with Crippen LogP contribution >= 0.6 is 0 Å². The molecule has 26 heavy (non-hydrogen) atoms. The van der Waals surface area contributed by atoms with Crippen LogP contribution in [0.25, 0.3) is 10.8 Å². The third-order valence-electron chi connectivity index (χ3n) is 4.80. The van der Waals surface area contributed by atoms with Gasteiger partial charge in [-0.1, -0.05) is 18.2 Å². The molecule has 9 heteroatoms. The van der Waals surface area contributed by atoms with Gasteiger partial charge in [-0.05, 0) is 13.0 Å². The van der Waals surface area contributed by atoms with E-state index in [2.05, 4.69) is 30.3 Å². The molecule has 1 amide bonds. The van der Waals surface area contributed by atoms with Gasteiger partial charge in [0.2, 0.25) is 11.9 Å². The van der Waals surface area contributed by atoms with E-state index < -0.39 is 5.92 Å². The molecule has 2 aromatic heterocycles. The molecule has 1 aliphatic heterocycles. The summed E-state index contributed by atoms with van der Waals surface area (Å²) in [5.74, 6) is 0.291. The standard InChI is InChI=1S/C17H19N7O2/c1-11(14-12-4-2-3-5-13(12)15(25)21-20-14)16(26)23-6-8-24(9-7-23)17-18-10-19-22-17/h2-5,10-11H,6-9H2,1H3,(H,21,25)(H,18,19,22)/t11-/m0/s1. The molecule has 0 radical (unpaired) electrons. The van der Waals surface area contributed by atoms with Crippen LogP contribution in [0, 0.1) is 0 Å². The maximum Gasteiger partial charge on any atom is 0.272 e. The molecule has 0 saturated carbocycles. The van der Waals surface area contributed by atoms with Crippen LogP contribution in [-0.2, 0) is 4.79 Å². The van der Waals surface area contributed by atoms with Crippen LogP contribution in [-0.4, -0.2) is 62.4 Å². The van der Waals surface area contributed by atoms with Gasteiger partial charge >= 0.3 is 0 Å².